The summed E-state index contributed by atoms with van der Waals surface area (Å²) in [6, 6.07) is 27.5. The maximum absolute atomic E-state index is 5.30. The van der Waals surface area contributed by atoms with E-state index in [9.17, 15) is 0 Å². The van der Waals surface area contributed by atoms with Crippen LogP contribution in [0.5, 0.6) is 5.75 Å². The van der Waals surface area contributed by atoms with Gasteiger partial charge in [-0.3, -0.25) is 5.01 Å². The highest BCUT2D eigenvalue weighted by Gasteiger charge is 2.29. The molecule has 3 aromatic rings. The third kappa shape index (κ3) is 3.21. The maximum atomic E-state index is 5.30. The summed E-state index contributed by atoms with van der Waals surface area (Å²) in [6.07, 6.45) is 0.879. The number of nitrogens with zero attached hydrogens (tertiary/aromatic N) is 2. The number of aryl methyl sites for hydroxylation is 1. The van der Waals surface area contributed by atoms with Crippen molar-refractivity contribution in [2.45, 2.75) is 19.4 Å². The molecule has 0 N–H and O–H groups in total. The van der Waals surface area contributed by atoms with Crippen molar-refractivity contribution < 1.29 is 4.74 Å². The summed E-state index contributed by atoms with van der Waals surface area (Å²) in [5.74, 6) is 0.873. The van der Waals surface area contributed by atoms with Gasteiger partial charge in [-0.2, -0.15) is 5.10 Å². The van der Waals surface area contributed by atoms with Gasteiger partial charge in [0.25, 0.3) is 0 Å². The Morgan fingerprint density at radius 1 is 0.885 bits per heavy atom. The molecule has 4 rings (SSSR count). The molecular weight excluding hydrogens is 320 g/mol. The van der Waals surface area contributed by atoms with Crippen molar-refractivity contribution in [3.63, 3.8) is 0 Å². The zero-order chi connectivity index (χ0) is 17.9. The topological polar surface area (TPSA) is 24.8 Å². The van der Waals surface area contributed by atoms with Gasteiger partial charge in [-0.05, 0) is 42.3 Å². The SMILES string of the molecule is COc1ccc(C2CC(c3ccccc3)=NN2c2ccc(C)cc2)cc1. The van der Waals surface area contributed by atoms with Gasteiger partial charge in [0.05, 0.1) is 24.6 Å². The molecule has 0 radical (unpaired) electrons. The van der Waals surface area contributed by atoms with Crippen LogP contribution in [0.15, 0.2) is 84.0 Å². The normalized spacial score (nSPS) is 16.5. The summed E-state index contributed by atoms with van der Waals surface area (Å²) in [5.41, 5.74) is 5.90. The summed E-state index contributed by atoms with van der Waals surface area (Å²) >= 11 is 0. The van der Waals surface area contributed by atoms with Gasteiger partial charge in [-0.15, -0.1) is 0 Å². The molecule has 1 heterocycles. The van der Waals surface area contributed by atoms with E-state index in [1.54, 1.807) is 7.11 Å². The number of ether oxygens (including phenoxy) is 1. The predicted octanol–water partition coefficient (Wildman–Crippen LogP) is 5.36. The Morgan fingerprint density at radius 2 is 1.58 bits per heavy atom. The Morgan fingerprint density at radius 3 is 2.23 bits per heavy atom. The molecule has 1 unspecified atom stereocenters. The Labute approximate surface area is 154 Å². The minimum atomic E-state index is 0.179. The van der Waals surface area contributed by atoms with Crippen molar-refractivity contribution in [3.05, 3.63) is 95.6 Å². The molecule has 26 heavy (non-hydrogen) atoms. The zero-order valence-electron chi connectivity index (χ0n) is 15.1. The Kier molecular flexibility index (Phi) is 4.44. The standard InChI is InChI=1S/C23H22N2O/c1-17-8-12-20(13-9-17)25-23(19-10-14-21(26-2)15-11-19)16-22(24-25)18-6-4-3-5-7-18/h3-15,23H,16H2,1-2H3. The largest absolute Gasteiger partial charge is 0.497 e. The van der Waals surface area contributed by atoms with Crippen molar-refractivity contribution in [3.8, 4) is 5.75 Å². The van der Waals surface area contributed by atoms with Gasteiger partial charge < -0.3 is 4.74 Å². The van der Waals surface area contributed by atoms with Crippen LogP contribution in [-0.4, -0.2) is 12.8 Å². The lowest BCUT2D eigenvalue weighted by molar-refractivity contribution is 0.414. The number of anilines is 1. The molecule has 0 aliphatic carbocycles. The third-order valence-corrected chi connectivity index (χ3v) is 4.82. The smallest absolute Gasteiger partial charge is 0.118 e. The van der Waals surface area contributed by atoms with E-state index < -0.39 is 0 Å². The molecule has 0 spiro atoms. The summed E-state index contributed by atoms with van der Waals surface area (Å²) in [6.45, 7) is 2.10. The lowest BCUT2D eigenvalue weighted by atomic mass is 9.98. The molecule has 3 nitrogen and oxygen atoms in total. The average Bonchev–Trinajstić information content (AvgIpc) is 3.15. The number of hydrogen-bond donors (Lipinski definition) is 0. The zero-order valence-corrected chi connectivity index (χ0v) is 15.1. The molecule has 0 fully saturated rings. The quantitative estimate of drug-likeness (QED) is 0.637. The fourth-order valence-electron chi connectivity index (χ4n) is 3.34. The molecule has 0 saturated heterocycles. The highest BCUT2D eigenvalue weighted by atomic mass is 16.5. The molecule has 1 aliphatic heterocycles. The molecule has 0 bridgehead atoms. The fraction of sp³-hybridized carbons (Fsp3) is 0.174. The van der Waals surface area contributed by atoms with Gasteiger partial charge in [0.1, 0.15) is 5.75 Å². The van der Waals surface area contributed by atoms with Gasteiger partial charge >= 0.3 is 0 Å². The van der Waals surface area contributed by atoms with Crippen LogP contribution < -0.4 is 9.75 Å². The summed E-state index contributed by atoms with van der Waals surface area (Å²) in [4.78, 5) is 0. The van der Waals surface area contributed by atoms with E-state index in [2.05, 4.69) is 72.6 Å². The van der Waals surface area contributed by atoms with Crippen LogP contribution >= 0.6 is 0 Å². The molecule has 3 heteroatoms. The first-order valence-electron chi connectivity index (χ1n) is 8.87. The molecule has 3 aromatic carbocycles. The van der Waals surface area contributed by atoms with E-state index in [0.717, 1.165) is 23.6 Å². The molecule has 1 atom stereocenters. The summed E-state index contributed by atoms with van der Waals surface area (Å²) in [7, 11) is 1.69. The highest BCUT2D eigenvalue weighted by Crippen LogP contribution is 2.37. The van der Waals surface area contributed by atoms with Crippen molar-refractivity contribution in [2.24, 2.45) is 5.10 Å². The Balaban J connectivity index is 1.72. The van der Waals surface area contributed by atoms with Gasteiger partial charge in [0.15, 0.2) is 0 Å². The number of hydrazone groups is 1. The van der Waals surface area contributed by atoms with Crippen molar-refractivity contribution in [1.29, 1.82) is 0 Å². The van der Waals surface area contributed by atoms with Crippen molar-refractivity contribution in [2.75, 3.05) is 12.1 Å². The van der Waals surface area contributed by atoms with Crippen LogP contribution in [-0.2, 0) is 0 Å². The Hall–Kier alpha value is -3.07. The number of methoxy groups -OCH3 is 1. The molecule has 130 valence electrons. The van der Waals surface area contributed by atoms with Crippen LogP contribution in [0.3, 0.4) is 0 Å². The number of benzene rings is 3. The first-order chi connectivity index (χ1) is 12.7. The van der Waals surface area contributed by atoms with E-state index in [0.29, 0.717) is 0 Å². The van der Waals surface area contributed by atoms with E-state index >= 15 is 0 Å². The first kappa shape index (κ1) is 16.4. The van der Waals surface area contributed by atoms with Crippen molar-refractivity contribution >= 4 is 11.4 Å². The van der Waals surface area contributed by atoms with Gasteiger partial charge in [0.2, 0.25) is 0 Å². The number of rotatable bonds is 4. The predicted molar refractivity (Wildman–Crippen MR) is 107 cm³/mol. The minimum absolute atomic E-state index is 0.179. The van der Waals surface area contributed by atoms with Crippen LogP contribution in [0, 0.1) is 6.92 Å². The molecule has 0 saturated carbocycles. The molecule has 0 aromatic heterocycles. The monoisotopic (exact) mass is 342 g/mol. The van der Waals surface area contributed by atoms with E-state index in [1.807, 2.05) is 18.2 Å². The third-order valence-electron chi connectivity index (χ3n) is 4.82. The van der Waals surface area contributed by atoms with Crippen molar-refractivity contribution in [1.82, 2.24) is 0 Å². The van der Waals surface area contributed by atoms with Crippen LogP contribution in [0.1, 0.15) is 29.2 Å². The molecule has 1 aliphatic rings. The second kappa shape index (κ2) is 7.04. The summed E-state index contributed by atoms with van der Waals surface area (Å²) < 4.78 is 5.30. The van der Waals surface area contributed by atoms with Gasteiger partial charge in [-0.25, -0.2) is 0 Å². The van der Waals surface area contributed by atoms with Gasteiger partial charge in [-0.1, -0.05) is 60.2 Å². The fourth-order valence-corrected chi connectivity index (χ4v) is 3.34. The van der Waals surface area contributed by atoms with Crippen LogP contribution in [0.2, 0.25) is 0 Å². The molecular formula is C23H22N2O. The second-order valence-corrected chi connectivity index (χ2v) is 6.59. The molecule has 0 amide bonds. The maximum Gasteiger partial charge on any atom is 0.118 e. The lowest BCUT2D eigenvalue weighted by Gasteiger charge is -2.24. The van der Waals surface area contributed by atoms with E-state index in [-0.39, 0.29) is 6.04 Å². The van der Waals surface area contributed by atoms with E-state index in [1.165, 1.54) is 16.7 Å². The summed E-state index contributed by atoms with van der Waals surface area (Å²) in [5, 5.41) is 7.12. The first-order valence-corrected chi connectivity index (χ1v) is 8.87. The highest BCUT2D eigenvalue weighted by molar-refractivity contribution is 6.03. The lowest BCUT2D eigenvalue weighted by Crippen LogP contribution is -2.18. The minimum Gasteiger partial charge on any atom is -0.497 e. The Bertz CT molecular complexity index is 899. The second-order valence-electron chi connectivity index (χ2n) is 6.59. The van der Waals surface area contributed by atoms with Crippen LogP contribution in [0.25, 0.3) is 0 Å². The average molecular weight is 342 g/mol. The number of hydrogen-bond acceptors (Lipinski definition) is 3. The van der Waals surface area contributed by atoms with Gasteiger partial charge in [0, 0.05) is 6.42 Å². The van der Waals surface area contributed by atoms with Crippen LogP contribution in [0.4, 0.5) is 5.69 Å². The van der Waals surface area contributed by atoms with E-state index in [4.69, 9.17) is 9.84 Å².